The number of methoxy groups -OCH3 is 1. The smallest absolute Gasteiger partial charge is 0.457 e. The zero-order chi connectivity index (χ0) is 19.3. The molecule has 0 saturated carbocycles. The van der Waals surface area contributed by atoms with Crippen LogP contribution >= 0.6 is 0 Å². The minimum absolute atomic E-state index is 0.144. The second-order valence-corrected chi connectivity index (χ2v) is 5.20. The van der Waals surface area contributed by atoms with Gasteiger partial charge in [-0.05, 0) is 12.3 Å². The normalized spacial score (nSPS) is 14.3. The standard InChI is InChI=1S/C12H16F7NO4/c1-6(2)4-7(20-9(22)23-3)8(21)24-5-10(13,14)11(15,16)12(17,18)19/h6-7H,4-5H2,1-3H3,(H,20,22)/t7-/m0/s1. The van der Waals surface area contributed by atoms with Gasteiger partial charge in [-0.2, -0.15) is 30.7 Å². The van der Waals surface area contributed by atoms with Crippen molar-refractivity contribution in [1.82, 2.24) is 5.32 Å². The van der Waals surface area contributed by atoms with E-state index in [2.05, 4.69) is 9.47 Å². The lowest BCUT2D eigenvalue weighted by Gasteiger charge is -2.28. The minimum Gasteiger partial charge on any atom is -0.457 e. The summed E-state index contributed by atoms with van der Waals surface area (Å²) in [5.41, 5.74) is 0. The minimum atomic E-state index is -6.52. The summed E-state index contributed by atoms with van der Waals surface area (Å²) in [7, 11) is 0.936. The van der Waals surface area contributed by atoms with E-state index in [0.717, 1.165) is 7.11 Å². The molecule has 0 aliphatic heterocycles. The molecule has 0 aromatic heterocycles. The average Bonchev–Trinajstić information content (AvgIpc) is 2.41. The molecule has 0 heterocycles. The van der Waals surface area contributed by atoms with Crippen molar-refractivity contribution < 1.29 is 49.8 Å². The molecule has 1 atom stereocenters. The fourth-order valence-electron chi connectivity index (χ4n) is 1.45. The molecular formula is C12H16F7NO4. The highest BCUT2D eigenvalue weighted by molar-refractivity contribution is 5.81. The molecule has 0 unspecified atom stereocenters. The maximum atomic E-state index is 13.1. The zero-order valence-corrected chi connectivity index (χ0v) is 12.8. The van der Waals surface area contributed by atoms with Gasteiger partial charge in [-0.1, -0.05) is 13.8 Å². The topological polar surface area (TPSA) is 64.6 Å². The Morgan fingerprint density at radius 3 is 1.92 bits per heavy atom. The Labute approximate surface area is 132 Å². The summed E-state index contributed by atoms with van der Waals surface area (Å²) in [4.78, 5) is 22.6. The van der Waals surface area contributed by atoms with Crippen molar-refractivity contribution in [1.29, 1.82) is 0 Å². The summed E-state index contributed by atoms with van der Waals surface area (Å²) in [6.07, 6.45) is -7.80. The number of alkyl carbamates (subject to hydrolysis) is 1. The van der Waals surface area contributed by atoms with Gasteiger partial charge < -0.3 is 14.8 Å². The molecule has 0 aliphatic carbocycles. The third-order valence-electron chi connectivity index (χ3n) is 2.68. The molecule has 24 heavy (non-hydrogen) atoms. The van der Waals surface area contributed by atoms with E-state index in [1.54, 1.807) is 13.8 Å². The molecule has 0 fully saturated rings. The van der Waals surface area contributed by atoms with Crippen LogP contribution in [0.15, 0.2) is 0 Å². The van der Waals surface area contributed by atoms with Crippen molar-refractivity contribution in [2.75, 3.05) is 13.7 Å². The van der Waals surface area contributed by atoms with Crippen molar-refractivity contribution >= 4 is 12.1 Å². The quantitative estimate of drug-likeness (QED) is 0.552. The molecule has 0 saturated heterocycles. The summed E-state index contributed by atoms with van der Waals surface area (Å²) in [5, 5.41) is 1.91. The lowest BCUT2D eigenvalue weighted by Crippen LogP contribution is -2.55. The molecular weight excluding hydrogens is 355 g/mol. The van der Waals surface area contributed by atoms with Crippen molar-refractivity contribution in [2.24, 2.45) is 5.92 Å². The van der Waals surface area contributed by atoms with E-state index in [4.69, 9.17) is 0 Å². The number of rotatable bonds is 7. The van der Waals surface area contributed by atoms with Crippen LogP contribution < -0.4 is 5.32 Å². The molecule has 0 aromatic carbocycles. The first-order valence-electron chi connectivity index (χ1n) is 6.49. The second kappa shape index (κ2) is 7.88. The third-order valence-corrected chi connectivity index (χ3v) is 2.68. The fourth-order valence-corrected chi connectivity index (χ4v) is 1.45. The number of carbonyl (C=O) groups is 2. The third kappa shape index (κ3) is 5.71. The van der Waals surface area contributed by atoms with Gasteiger partial charge in [0.2, 0.25) is 0 Å². The maximum Gasteiger partial charge on any atom is 0.460 e. The van der Waals surface area contributed by atoms with Crippen LogP contribution in [0.1, 0.15) is 20.3 Å². The number of esters is 1. The zero-order valence-electron chi connectivity index (χ0n) is 12.8. The van der Waals surface area contributed by atoms with Gasteiger partial charge >= 0.3 is 30.1 Å². The summed E-state index contributed by atoms with van der Waals surface area (Å²) >= 11 is 0. The Kier molecular flexibility index (Phi) is 7.31. The summed E-state index contributed by atoms with van der Waals surface area (Å²) in [6.45, 7) is 0.646. The first kappa shape index (κ1) is 22.2. The molecule has 0 aromatic rings. The van der Waals surface area contributed by atoms with Crippen LogP contribution in [-0.2, 0) is 14.3 Å². The molecule has 0 radical (unpaired) electrons. The van der Waals surface area contributed by atoms with E-state index < -0.39 is 42.7 Å². The fraction of sp³-hybridized carbons (Fsp3) is 0.833. The Bertz CT molecular complexity index is 451. The van der Waals surface area contributed by atoms with E-state index in [-0.39, 0.29) is 12.3 Å². The predicted octanol–water partition coefficient (Wildman–Crippen LogP) is 3.13. The molecule has 142 valence electrons. The number of ether oxygens (including phenoxy) is 2. The first-order chi connectivity index (χ1) is 10.7. The number of nitrogens with one attached hydrogen (secondary N) is 1. The Hall–Kier alpha value is -1.75. The molecule has 1 N–H and O–H groups in total. The number of amides is 1. The SMILES string of the molecule is COC(=O)N[C@@H](CC(C)C)C(=O)OCC(F)(F)C(F)(F)C(F)(F)F. The summed E-state index contributed by atoms with van der Waals surface area (Å²) < 4.78 is 95.4. The lowest BCUT2D eigenvalue weighted by molar-refractivity contribution is -0.359. The van der Waals surface area contributed by atoms with Gasteiger partial charge in [0.25, 0.3) is 0 Å². The van der Waals surface area contributed by atoms with Crippen molar-refractivity contribution in [3.05, 3.63) is 0 Å². The molecule has 5 nitrogen and oxygen atoms in total. The van der Waals surface area contributed by atoms with Gasteiger partial charge in [-0.15, -0.1) is 0 Å². The Balaban J connectivity index is 5.02. The molecule has 12 heteroatoms. The van der Waals surface area contributed by atoms with E-state index >= 15 is 0 Å². The van der Waals surface area contributed by atoms with Gasteiger partial charge in [0.05, 0.1) is 7.11 Å². The largest absolute Gasteiger partial charge is 0.460 e. The van der Waals surface area contributed by atoms with Gasteiger partial charge in [-0.3, -0.25) is 0 Å². The molecule has 0 spiro atoms. The van der Waals surface area contributed by atoms with Crippen LogP contribution in [0.5, 0.6) is 0 Å². The van der Waals surface area contributed by atoms with Crippen molar-refractivity contribution in [3.8, 4) is 0 Å². The van der Waals surface area contributed by atoms with E-state index in [0.29, 0.717) is 0 Å². The summed E-state index contributed by atoms with van der Waals surface area (Å²) in [6, 6.07) is -1.55. The highest BCUT2D eigenvalue weighted by atomic mass is 19.4. The van der Waals surface area contributed by atoms with E-state index in [1.165, 1.54) is 0 Å². The maximum absolute atomic E-state index is 13.1. The monoisotopic (exact) mass is 371 g/mol. The highest BCUT2D eigenvalue weighted by Crippen LogP contribution is 2.46. The molecule has 0 bridgehead atoms. The van der Waals surface area contributed by atoms with Gasteiger partial charge in [-0.25, -0.2) is 9.59 Å². The van der Waals surface area contributed by atoms with Crippen LogP contribution in [0.2, 0.25) is 0 Å². The lowest BCUT2D eigenvalue weighted by atomic mass is 10.0. The van der Waals surface area contributed by atoms with Crippen LogP contribution in [0.25, 0.3) is 0 Å². The molecule has 0 rings (SSSR count). The van der Waals surface area contributed by atoms with Crippen LogP contribution in [0.3, 0.4) is 0 Å². The van der Waals surface area contributed by atoms with E-state index in [9.17, 15) is 40.3 Å². The van der Waals surface area contributed by atoms with Crippen LogP contribution in [0, 0.1) is 5.92 Å². The number of hydrogen-bond donors (Lipinski definition) is 1. The number of carbonyl (C=O) groups excluding carboxylic acids is 2. The van der Waals surface area contributed by atoms with Crippen LogP contribution in [-0.4, -0.2) is 49.8 Å². The Morgan fingerprint density at radius 2 is 1.54 bits per heavy atom. The average molecular weight is 371 g/mol. The summed E-state index contributed by atoms with van der Waals surface area (Å²) in [5.74, 6) is -13.9. The Morgan fingerprint density at radius 1 is 1.04 bits per heavy atom. The second-order valence-electron chi connectivity index (χ2n) is 5.20. The first-order valence-corrected chi connectivity index (χ1v) is 6.49. The number of alkyl halides is 7. The van der Waals surface area contributed by atoms with Crippen LogP contribution in [0.4, 0.5) is 35.5 Å². The molecule has 0 aliphatic rings. The predicted molar refractivity (Wildman–Crippen MR) is 65.7 cm³/mol. The van der Waals surface area contributed by atoms with Gasteiger partial charge in [0.1, 0.15) is 6.04 Å². The highest BCUT2D eigenvalue weighted by Gasteiger charge is 2.73. The van der Waals surface area contributed by atoms with Gasteiger partial charge in [0.15, 0.2) is 6.61 Å². The van der Waals surface area contributed by atoms with Crippen molar-refractivity contribution in [3.63, 3.8) is 0 Å². The number of halogens is 7. The molecule has 1 amide bonds. The number of hydrogen-bond acceptors (Lipinski definition) is 4. The van der Waals surface area contributed by atoms with E-state index in [1.807, 2.05) is 5.32 Å². The van der Waals surface area contributed by atoms with Gasteiger partial charge in [0, 0.05) is 0 Å². The van der Waals surface area contributed by atoms with Crippen molar-refractivity contribution in [2.45, 2.75) is 44.3 Å².